The molecule has 0 radical (unpaired) electrons. The van der Waals surface area contributed by atoms with Gasteiger partial charge >= 0.3 is 5.97 Å². The Morgan fingerprint density at radius 2 is 1.83 bits per heavy atom. The monoisotopic (exact) mass is 383 g/mol. The topological polar surface area (TPSA) is 57.6 Å². The Morgan fingerprint density at radius 1 is 1.22 bits per heavy atom. The van der Waals surface area contributed by atoms with E-state index < -0.39 is 12.0 Å². The van der Waals surface area contributed by atoms with Crippen molar-refractivity contribution >= 4 is 27.8 Å². The van der Waals surface area contributed by atoms with Crippen molar-refractivity contribution in [3.63, 3.8) is 0 Å². The average Bonchev–Trinajstić information content (AvgIpc) is 2.53. The lowest BCUT2D eigenvalue weighted by atomic mass is 9.96. The van der Waals surface area contributed by atoms with Crippen molar-refractivity contribution in [3.8, 4) is 0 Å². The third kappa shape index (κ3) is 5.98. The summed E-state index contributed by atoms with van der Waals surface area (Å²) in [6.07, 6.45) is 2.81. The second-order valence-electron chi connectivity index (χ2n) is 5.92. The number of carbonyl (C=O) groups is 2. The summed E-state index contributed by atoms with van der Waals surface area (Å²) in [6.45, 7) is 6.20. The molecule has 0 saturated carbocycles. The van der Waals surface area contributed by atoms with Gasteiger partial charge in [-0.25, -0.2) is 4.79 Å². The molecule has 1 aromatic rings. The van der Waals surface area contributed by atoms with Gasteiger partial charge in [0, 0.05) is 17.4 Å². The molecule has 128 valence electrons. The van der Waals surface area contributed by atoms with Crippen LogP contribution in [-0.2, 0) is 16.1 Å². The lowest BCUT2D eigenvalue weighted by Crippen LogP contribution is -2.48. The van der Waals surface area contributed by atoms with Crippen molar-refractivity contribution < 1.29 is 14.7 Å². The fourth-order valence-corrected chi connectivity index (χ4v) is 2.77. The van der Waals surface area contributed by atoms with Gasteiger partial charge in [0.25, 0.3) is 0 Å². The first-order chi connectivity index (χ1) is 10.9. The zero-order valence-corrected chi connectivity index (χ0v) is 15.7. The first-order valence-electron chi connectivity index (χ1n) is 8.17. The molecule has 2 unspecified atom stereocenters. The van der Waals surface area contributed by atoms with E-state index >= 15 is 0 Å². The van der Waals surface area contributed by atoms with Gasteiger partial charge in [-0.15, -0.1) is 0 Å². The highest BCUT2D eigenvalue weighted by Crippen LogP contribution is 2.21. The summed E-state index contributed by atoms with van der Waals surface area (Å²) in [5.41, 5.74) is 0.938. The zero-order chi connectivity index (χ0) is 17.4. The van der Waals surface area contributed by atoms with Gasteiger partial charge in [-0.2, -0.15) is 0 Å². The maximum atomic E-state index is 12.6. The van der Waals surface area contributed by atoms with Crippen LogP contribution in [0.4, 0.5) is 0 Å². The summed E-state index contributed by atoms with van der Waals surface area (Å²) < 4.78 is 0.960. The smallest absolute Gasteiger partial charge is 0.326 e. The van der Waals surface area contributed by atoms with E-state index in [-0.39, 0.29) is 11.8 Å². The number of hydrogen-bond donors (Lipinski definition) is 1. The molecular formula is C18H26BrNO3. The van der Waals surface area contributed by atoms with E-state index in [0.717, 1.165) is 29.3 Å². The van der Waals surface area contributed by atoms with Crippen LogP contribution < -0.4 is 0 Å². The van der Waals surface area contributed by atoms with Gasteiger partial charge in [-0.3, -0.25) is 4.79 Å². The molecule has 0 bridgehead atoms. The third-order valence-electron chi connectivity index (χ3n) is 4.10. The highest BCUT2D eigenvalue weighted by molar-refractivity contribution is 9.10. The second kappa shape index (κ2) is 9.71. The predicted octanol–water partition coefficient (Wildman–Crippen LogP) is 4.47. The van der Waals surface area contributed by atoms with Gasteiger partial charge < -0.3 is 10.0 Å². The molecule has 2 atom stereocenters. The first-order valence-corrected chi connectivity index (χ1v) is 8.96. The maximum absolute atomic E-state index is 12.6. The summed E-state index contributed by atoms with van der Waals surface area (Å²) in [7, 11) is 0. The highest BCUT2D eigenvalue weighted by atomic mass is 79.9. The second-order valence-corrected chi connectivity index (χ2v) is 6.84. The van der Waals surface area contributed by atoms with E-state index in [4.69, 9.17) is 0 Å². The van der Waals surface area contributed by atoms with Crippen molar-refractivity contribution in [2.24, 2.45) is 5.92 Å². The van der Waals surface area contributed by atoms with Gasteiger partial charge in [-0.1, -0.05) is 61.7 Å². The van der Waals surface area contributed by atoms with Gasteiger partial charge in [0.15, 0.2) is 0 Å². The number of halogens is 1. The summed E-state index contributed by atoms with van der Waals surface area (Å²) in [5, 5.41) is 9.64. The Bertz CT molecular complexity index is 516. The minimum atomic E-state index is -0.929. The molecule has 1 aromatic carbocycles. The molecular weight excluding hydrogens is 358 g/mol. The van der Waals surface area contributed by atoms with Crippen LogP contribution in [0.5, 0.6) is 0 Å². The Morgan fingerprint density at radius 3 is 2.30 bits per heavy atom. The zero-order valence-electron chi connectivity index (χ0n) is 14.1. The molecule has 1 N–H and O–H groups in total. The number of carboxylic acid groups (broad SMARTS) is 1. The molecule has 4 nitrogen and oxygen atoms in total. The quantitative estimate of drug-likeness (QED) is 0.684. The molecule has 0 aromatic heterocycles. The van der Waals surface area contributed by atoms with E-state index in [0.29, 0.717) is 13.0 Å². The van der Waals surface area contributed by atoms with Crippen molar-refractivity contribution in [2.75, 3.05) is 0 Å². The molecule has 0 aliphatic heterocycles. The Kier molecular flexibility index (Phi) is 8.31. The number of carbonyl (C=O) groups excluding carboxylic acids is 1. The average molecular weight is 384 g/mol. The van der Waals surface area contributed by atoms with E-state index in [1.54, 1.807) is 0 Å². The predicted molar refractivity (Wildman–Crippen MR) is 95.1 cm³/mol. The SMILES string of the molecule is CCCCC(=O)N(Cc1ccc(Br)cc1)C(C(=O)O)C(C)CC. The van der Waals surface area contributed by atoms with Crippen LogP contribution >= 0.6 is 15.9 Å². The minimum Gasteiger partial charge on any atom is -0.480 e. The molecule has 23 heavy (non-hydrogen) atoms. The Hall–Kier alpha value is -1.36. The molecule has 0 fully saturated rings. The third-order valence-corrected chi connectivity index (χ3v) is 4.63. The number of carboxylic acids is 1. The van der Waals surface area contributed by atoms with Crippen LogP contribution in [0, 0.1) is 5.92 Å². The molecule has 0 aliphatic carbocycles. The Labute approximate surface area is 147 Å². The number of unbranched alkanes of at least 4 members (excludes halogenated alkanes) is 1. The summed E-state index contributed by atoms with van der Waals surface area (Å²) >= 11 is 3.39. The van der Waals surface area contributed by atoms with Crippen LogP contribution in [0.1, 0.15) is 52.0 Å². The van der Waals surface area contributed by atoms with Crippen LogP contribution in [0.25, 0.3) is 0 Å². The lowest BCUT2D eigenvalue weighted by Gasteiger charge is -2.33. The fourth-order valence-electron chi connectivity index (χ4n) is 2.51. The normalized spacial score (nSPS) is 13.4. The van der Waals surface area contributed by atoms with Gasteiger partial charge in [0.1, 0.15) is 6.04 Å². The highest BCUT2D eigenvalue weighted by Gasteiger charge is 2.33. The standard InChI is InChI=1S/C18H26BrNO3/c1-4-6-7-16(21)20(17(18(22)23)13(3)5-2)12-14-8-10-15(19)11-9-14/h8-11,13,17H,4-7,12H2,1-3H3,(H,22,23). The maximum Gasteiger partial charge on any atom is 0.326 e. The number of amides is 1. The number of rotatable bonds is 9. The van der Waals surface area contributed by atoms with Crippen LogP contribution in [-0.4, -0.2) is 27.9 Å². The summed E-state index contributed by atoms with van der Waals surface area (Å²) in [5.74, 6) is -1.10. The number of nitrogens with zero attached hydrogens (tertiary/aromatic N) is 1. The Balaban J connectivity index is 3.05. The molecule has 1 amide bonds. The minimum absolute atomic E-state index is 0.0810. The fraction of sp³-hybridized carbons (Fsp3) is 0.556. The van der Waals surface area contributed by atoms with E-state index in [2.05, 4.69) is 15.9 Å². The van der Waals surface area contributed by atoms with Crippen molar-refractivity contribution in [1.29, 1.82) is 0 Å². The molecule has 0 saturated heterocycles. The molecule has 0 spiro atoms. The van der Waals surface area contributed by atoms with Gasteiger partial charge in [0.05, 0.1) is 0 Å². The molecule has 5 heteroatoms. The molecule has 1 rings (SSSR count). The van der Waals surface area contributed by atoms with Gasteiger partial charge in [-0.05, 0) is 30.0 Å². The van der Waals surface area contributed by atoms with E-state index in [1.807, 2.05) is 45.0 Å². The summed E-state index contributed by atoms with van der Waals surface area (Å²) in [4.78, 5) is 25.9. The largest absolute Gasteiger partial charge is 0.480 e. The van der Waals surface area contributed by atoms with Crippen LogP contribution in [0.3, 0.4) is 0 Å². The van der Waals surface area contributed by atoms with Crippen LogP contribution in [0.15, 0.2) is 28.7 Å². The molecule has 0 aliphatic rings. The van der Waals surface area contributed by atoms with E-state index in [1.165, 1.54) is 4.90 Å². The van der Waals surface area contributed by atoms with Crippen LogP contribution in [0.2, 0.25) is 0 Å². The lowest BCUT2D eigenvalue weighted by molar-refractivity contribution is -0.153. The number of aliphatic carboxylic acids is 1. The first kappa shape index (κ1) is 19.7. The van der Waals surface area contributed by atoms with Crippen molar-refractivity contribution in [3.05, 3.63) is 34.3 Å². The van der Waals surface area contributed by atoms with Crippen molar-refractivity contribution in [1.82, 2.24) is 4.90 Å². The number of hydrogen-bond acceptors (Lipinski definition) is 2. The summed E-state index contributed by atoms with van der Waals surface area (Å²) in [6, 6.07) is 6.86. The van der Waals surface area contributed by atoms with Crippen molar-refractivity contribution in [2.45, 2.75) is 59.0 Å². The van der Waals surface area contributed by atoms with Gasteiger partial charge in [0.2, 0.25) is 5.91 Å². The number of benzene rings is 1. The van der Waals surface area contributed by atoms with E-state index in [9.17, 15) is 14.7 Å². The molecule has 0 heterocycles.